The Balaban J connectivity index is 2.07. The van der Waals surface area contributed by atoms with E-state index in [4.69, 9.17) is 30.2 Å². The first-order valence-corrected chi connectivity index (χ1v) is 10.2. The summed E-state index contributed by atoms with van der Waals surface area (Å²) in [5.74, 6) is 0. The fourth-order valence-corrected chi connectivity index (χ4v) is 3.43. The number of hydrogen-bond acceptors (Lipinski definition) is 12. The van der Waals surface area contributed by atoms with Crippen molar-refractivity contribution in [2.45, 2.75) is 80.7 Å². The monoisotopic (exact) mass is 452 g/mol. The highest BCUT2D eigenvalue weighted by Crippen LogP contribution is 2.30. The molecule has 2 fully saturated rings. The Bertz CT molecular complexity index is 581. The predicted molar refractivity (Wildman–Crippen MR) is 102 cm³/mol. The fraction of sp³-hybridized carbons (Fsp3) is 1.00. The van der Waals surface area contributed by atoms with Crippen LogP contribution in [0.25, 0.3) is 10.4 Å². The number of ether oxygens (including phenoxy) is 4. The van der Waals surface area contributed by atoms with E-state index in [1.807, 2.05) is 0 Å². The van der Waals surface area contributed by atoms with E-state index in [1.54, 1.807) is 0 Å². The molecule has 10 atom stereocenters. The number of unbranched alkanes of at least 4 members (excludes halogenated alkanes) is 2. The third-order valence-electron chi connectivity index (χ3n) is 5.24. The Morgan fingerprint density at radius 1 is 0.871 bits per heavy atom. The van der Waals surface area contributed by atoms with Crippen molar-refractivity contribution in [1.29, 1.82) is 0 Å². The van der Waals surface area contributed by atoms with Gasteiger partial charge in [0.05, 0.1) is 19.3 Å². The smallest absolute Gasteiger partial charge is 0.187 e. The molecule has 14 heteroatoms. The summed E-state index contributed by atoms with van der Waals surface area (Å²) < 4.78 is 21.9. The van der Waals surface area contributed by atoms with Gasteiger partial charge in [-0.3, -0.25) is 0 Å². The van der Waals surface area contributed by atoms with Gasteiger partial charge in [-0.2, -0.15) is 0 Å². The maximum absolute atomic E-state index is 10.6. The van der Waals surface area contributed by atoms with Crippen LogP contribution in [0.1, 0.15) is 19.3 Å². The van der Waals surface area contributed by atoms with Crippen LogP contribution in [0.5, 0.6) is 0 Å². The lowest BCUT2D eigenvalue weighted by molar-refractivity contribution is -0.356. The number of aliphatic hydroxyl groups is 6. The molecule has 2 rings (SSSR count). The van der Waals surface area contributed by atoms with Crippen molar-refractivity contribution in [2.24, 2.45) is 10.8 Å². The second kappa shape index (κ2) is 12.8. The van der Waals surface area contributed by atoms with Crippen molar-refractivity contribution in [1.82, 2.24) is 0 Å². The first kappa shape index (κ1) is 26.1. The Labute approximate surface area is 178 Å². The van der Waals surface area contributed by atoms with Gasteiger partial charge < -0.3 is 55.3 Å². The first-order valence-electron chi connectivity index (χ1n) is 10.2. The van der Waals surface area contributed by atoms with E-state index in [-0.39, 0.29) is 13.2 Å². The highest BCUT2D eigenvalue weighted by Gasteiger charge is 2.50. The summed E-state index contributed by atoms with van der Waals surface area (Å²) in [6.45, 7) is -0.178. The van der Waals surface area contributed by atoms with Crippen molar-refractivity contribution in [3.05, 3.63) is 10.4 Å². The summed E-state index contributed by atoms with van der Waals surface area (Å²) >= 11 is 0. The van der Waals surface area contributed by atoms with Crippen LogP contribution in [0.3, 0.4) is 0 Å². The zero-order valence-electron chi connectivity index (χ0n) is 17.0. The molecule has 0 saturated carbocycles. The van der Waals surface area contributed by atoms with E-state index in [0.29, 0.717) is 13.0 Å². The molecule has 5 unspecified atom stereocenters. The number of hydrogen-bond donors (Lipinski definition) is 7. The molecule has 0 aromatic heterocycles. The summed E-state index contributed by atoms with van der Waals surface area (Å²) in [5, 5.41) is 63.7. The predicted octanol–water partition coefficient (Wildman–Crippen LogP) is -2.93. The Hall–Kier alpha value is -1.13. The minimum atomic E-state index is -1.72. The van der Waals surface area contributed by atoms with Gasteiger partial charge in [-0.1, -0.05) is 5.11 Å². The Morgan fingerprint density at radius 3 is 2.19 bits per heavy atom. The van der Waals surface area contributed by atoms with Crippen LogP contribution in [-0.4, -0.2) is 118 Å². The highest BCUT2D eigenvalue weighted by molar-refractivity contribution is 4.94. The molecule has 0 aromatic rings. The number of nitrogens with zero attached hydrogens (tertiary/aromatic N) is 3. The largest absolute Gasteiger partial charge is 0.394 e. The quantitative estimate of drug-likeness (QED) is 0.0725. The van der Waals surface area contributed by atoms with Crippen molar-refractivity contribution < 1.29 is 49.6 Å². The molecule has 8 N–H and O–H groups in total. The van der Waals surface area contributed by atoms with E-state index in [9.17, 15) is 30.6 Å². The van der Waals surface area contributed by atoms with Gasteiger partial charge in [0, 0.05) is 11.5 Å². The van der Waals surface area contributed by atoms with Crippen LogP contribution < -0.4 is 5.73 Å². The molecule has 0 amide bonds. The SMILES string of the molecule is [N-]=[N+]=NCC1O[C@@H](OCCCCCN)C(O)C(O)[C@@H]1O[C@@H]1OC(CO)[C@H](O)C(O)[C@@H]1O. The molecule has 180 valence electrons. The van der Waals surface area contributed by atoms with Gasteiger partial charge in [-0.05, 0) is 31.3 Å². The van der Waals surface area contributed by atoms with Crippen LogP contribution in [0.4, 0.5) is 0 Å². The number of nitrogens with two attached hydrogens (primary N) is 1. The number of rotatable bonds is 11. The van der Waals surface area contributed by atoms with E-state index >= 15 is 0 Å². The Morgan fingerprint density at radius 2 is 1.55 bits per heavy atom. The number of aliphatic hydroxyl groups excluding tert-OH is 6. The zero-order valence-corrected chi connectivity index (χ0v) is 17.0. The minimum Gasteiger partial charge on any atom is -0.394 e. The molecule has 2 heterocycles. The van der Waals surface area contributed by atoms with Crippen LogP contribution in [0.2, 0.25) is 0 Å². The topological polar surface area (TPSA) is 233 Å². The van der Waals surface area contributed by atoms with Crippen LogP contribution in [0.15, 0.2) is 5.11 Å². The molecular weight excluding hydrogens is 420 g/mol. The minimum absolute atomic E-state index is 0.237. The van der Waals surface area contributed by atoms with Crippen molar-refractivity contribution >= 4 is 0 Å². The Kier molecular flexibility index (Phi) is 10.8. The van der Waals surface area contributed by atoms with Gasteiger partial charge in [0.25, 0.3) is 0 Å². The van der Waals surface area contributed by atoms with Gasteiger partial charge in [-0.15, -0.1) is 0 Å². The van der Waals surface area contributed by atoms with Crippen molar-refractivity contribution in [3.8, 4) is 0 Å². The summed E-state index contributed by atoms with van der Waals surface area (Å²) in [7, 11) is 0. The highest BCUT2D eigenvalue weighted by atomic mass is 16.7. The molecule has 0 bridgehead atoms. The fourth-order valence-electron chi connectivity index (χ4n) is 3.43. The third kappa shape index (κ3) is 6.68. The van der Waals surface area contributed by atoms with Gasteiger partial charge in [-0.25, -0.2) is 0 Å². The summed E-state index contributed by atoms with van der Waals surface area (Å²) in [6.07, 6.45) is -12.3. The lowest BCUT2D eigenvalue weighted by Crippen LogP contribution is -2.64. The molecule has 0 radical (unpaired) electrons. The van der Waals surface area contributed by atoms with Gasteiger partial charge >= 0.3 is 0 Å². The summed E-state index contributed by atoms with van der Waals surface area (Å²) in [6, 6.07) is 0. The molecule has 2 saturated heterocycles. The van der Waals surface area contributed by atoms with Crippen molar-refractivity contribution in [2.75, 3.05) is 26.3 Å². The van der Waals surface area contributed by atoms with E-state index in [2.05, 4.69) is 10.0 Å². The van der Waals surface area contributed by atoms with Gasteiger partial charge in [0.2, 0.25) is 0 Å². The lowest BCUT2D eigenvalue weighted by Gasteiger charge is -2.46. The molecular formula is C17H32N4O10. The van der Waals surface area contributed by atoms with E-state index in [1.165, 1.54) is 0 Å². The van der Waals surface area contributed by atoms with E-state index in [0.717, 1.165) is 12.8 Å². The molecule has 14 nitrogen and oxygen atoms in total. The normalized spacial score (nSPS) is 41.0. The summed E-state index contributed by atoms with van der Waals surface area (Å²) in [5.41, 5.74) is 14.1. The number of azide groups is 1. The van der Waals surface area contributed by atoms with Gasteiger partial charge in [0.15, 0.2) is 12.6 Å². The second-order valence-electron chi connectivity index (χ2n) is 7.46. The standard InChI is InChI=1S/C17H32N4O10/c18-4-2-1-3-5-28-16-14(27)12(25)15(8(29-16)6-20-21-19)31-17-13(26)11(24)10(23)9(7-22)30-17/h8-17,22-27H,1-7,18H2/t8?,9?,10-,11?,12?,13-,14?,15+,16+,17-/m0/s1. The lowest BCUT2D eigenvalue weighted by atomic mass is 9.97. The van der Waals surface area contributed by atoms with Crippen LogP contribution >= 0.6 is 0 Å². The van der Waals surface area contributed by atoms with Crippen molar-refractivity contribution in [3.63, 3.8) is 0 Å². The van der Waals surface area contributed by atoms with E-state index < -0.39 is 68.0 Å². The molecule has 0 aromatic carbocycles. The summed E-state index contributed by atoms with van der Waals surface area (Å²) in [4.78, 5) is 2.64. The van der Waals surface area contributed by atoms with Crippen LogP contribution in [0, 0.1) is 0 Å². The molecule has 31 heavy (non-hydrogen) atoms. The maximum atomic E-state index is 10.6. The molecule has 0 spiro atoms. The van der Waals surface area contributed by atoms with Gasteiger partial charge in [0.1, 0.15) is 42.7 Å². The first-order chi connectivity index (χ1) is 14.8. The second-order valence-corrected chi connectivity index (χ2v) is 7.46. The average Bonchev–Trinajstić information content (AvgIpc) is 2.77. The maximum Gasteiger partial charge on any atom is 0.187 e. The zero-order chi connectivity index (χ0) is 23.0. The third-order valence-corrected chi connectivity index (χ3v) is 5.24. The average molecular weight is 452 g/mol. The van der Waals surface area contributed by atoms with Crippen LogP contribution in [-0.2, 0) is 18.9 Å². The molecule has 2 aliphatic rings. The molecule has 2 aliphatic heterocycles. The molecule has 0 aliphatic carbocycles.